The van der Waals surface area contributed by atoms with Gasteiger partial charge in [-0.2, -0.15) is 0 Å². The van der Waals surface area contributed by atoms with Crippen molar-refractivity contribution in [3.05, 3.63) is 89.7 Å². The van der Waals surface area contributed by atoms with Gasteiger partial charge in [0.2, 0.25) is 0 Å². The van der Waals surface area contributed by atoms with Gasteiger partial charge in [-0.05, 0) is 54.8 Å². The summed E-state index contributed by atoms with van der Waals surface area (Å²) in [6.07, 6.45) is 11.2. The van der Waals surface area contributed by atoms with Crippen LogP contribution in [-0.2, 0) is 6.54 Å². The Morgan fingerprint density at radius 2 is 1.87 bits per heavy atom. The van der Waals surface area contributed by atoms with Crippen molar-refractivity contribution in [2.45, 2.75) is 25.4 Å². The van der Waals surface area contributed by atoms with Gasteiger partial charge < -0.3 is 9.47 Å². The number of nitrogens with one attached hydrogen (secondary N) is 1. The minimum absolute atomic E-state index is 0.155. The molecule has 1 aliphatic rings. The average molecular weight is 431 g/mol. The van der Waals surface area contributed by atoms with Crippen LogP contribution in [0.3, 0.4) is 0 Å². The van der Waals surface area contributed by atoms with E-state index < -0.39 is 0 Å². The Morgan fingerprint density at radius 1 is 1.10 bits per heavy atom. The molecule has 0 aliphatic carbocycles. The SMILES string of the molecule is O=C(Nc1nc([C@H]2CCCN2c2ccncc2)cs1)c1cccn1Cc1ccncc1. The number of nitrogens with zero attached hydrogens (tertiary/aromatic N) is 5. The number of anilines is 2. The van der Waals surface area contributed by atoms with E-state index in [0.717, 1.165) is 36.3 Å². The topological polar surface area (TPSA) is 75.9 Å². The van der Waals surface area contributed by atoms with Gasteiger partial charge in [-0.3, -0.25) is 20.1 Å². The monoisotopic (exact) mass is 430 g/mol. The molecule has 1 saturated heterocycles. The first-order valence-corrected chi connectivity index (χ1v) is 11.1. The largest absolute Gasteiger partial charge is 0.363 e. The summed E-state index contributed by atoms with van der Waals surface area (Å²) in [6, 6.07) is 11.9. The van der Waals surface area contributed by atoms with Crippen molar-refractivity contribution in [1.29, 1.82) is 0 Å². The Morgan fingerprint density at radius 3 is 2.68 bits per heavy atom. The standard InChI is InChI=1S/C23H22N6OS/c30-22(21-4-1-13-28(21)15-17-5-9-24-10-6-17)27-23-26-19(16-31-23)20-3-2-14-29(20)18-7-11-25-12-8-18/h1,4-13,16,20H,2-3,14-15H2,(H,26,27,30)/t20-/m1/s1. The first-order chi connectivity index (χ1) is 15.3. The summed E-state index contributed by atoms with van der Waals surface area (Å²) in [5.74, 6) is -0.155. The van der Waals surface area contributed by atoms with Crippen molar-refractivity contribution in [2.24, 2.45) is 0 Å². The van der Waals surface area contributed by atoms with Gasteiger partial charge in [0, 0.05) is 55.1 Å². The maximum Gasteiger partial charge on any atom is 0.274 e. The molecule has 5 heterocycles. The van der Waals surface area contributed by atoms with Crippen LogP contribution in [0, 0.1) is 0 Å². The molecule has 4 aromatic heterocycles. The van der Waals surface area contributed by atoms with Gasteiger partial charge in [0.15, 0.2) is 5.13 Å². The van der Waals surface area contributed by atoms with Gasteiger partial charge in [-0.1, -0.05) is 0 Å². The highest BCUT2D eigenvalue weighted by molar-refractivity contribution is 7.14. The molecule has 0 spiro atoms. The fourth-order valence-electron chi connectivity index (χ4n) is 4.02. The van der Waals surface area contributed by atoms with Crippen molar-refractivity contribution < 1.29 is 4.79 Å². The van der Waals surface area contributed by atoms with Crippen LogP contribution in [0.4, 0.5) is 10.8 Å². The minimum atomic E-state index is -0.155. The zero-order valence-electron chi connectivity index (χ0n) is 16.9. The van der Waals surface area contributed by atoms with E-state index in [4.69, 9.17) is 4.98 Å². The molecule has 0 radical (unpaired) electrons. The number of thiazole rings is 1. The smallest absolute Gasteiger partial charge is 0.274 e. The molecule has 1 amide bonds. The van der Waals surface area contributed by atoms with E-state index in [1.54, 1.807) is 12.4 Å². The third kappa shape index (κ3) is 4.20. The van der Waals surface area contributed by atoms with Crippen molar-refractivity contribution in [2.75, 3.05) is 16.8 Å². The molecule has 5 rings (SSSR count). The second-order valence-corrected chi connectivity index (χ2v) is 8.32. The molecule has 7 nitrogen and oxygen atoms in total. The quantitative estimate of drug-likeness (QED) is 0.491. The van der Waals surface area contributed by atoms with Gasteiger partial charge in [-0.15, -0.1) is 11.3 Å². The molecule has 1 aliphatic heterocycles. The summed E-state index contributed by atoms with van der Waals surface area (Å²) in [7, 11) is 0. The Hall–Kier alpha value is -3.52. The number of pyridine rings is 2. The number of rotatable bonds is 6. The van der Waals surface area contributed by atoms with Crippen LogP contribution in [0.25, 0.3) is 0 Å². The highest BCUT2D eigenvalue weighted by Gasteiger charge is 2.28. The molecule has 8 heteroatoms. The predicted octanol–water partition coefficient (Wildman–Crippen LogP) is 4.38. The molecule has 1 atom stereocenters. The van der Waals surface area contributed by atoms with Crippen LogP contribution >= 0.6 is 11.3 Å². The molecule has 31 heavy (non-hydrogen) atoms. The summed E-state index contributed by atoms with van der Waals surface area (Å²) in [6.45, 7) is 1.61. The molecule has 1 fully saturated rings. The molecule has 0 unspecified atom stereocenters. The molecular weight excluding hydrogens is 408 g/mol. The van der Waals surface area contributed by atoms with E-state index in [9.17, 15) is 4.79 Å². The number of amides is 1. The van der Waals surface area contributed by atoms with Crippen molar-refractivity contribution in [3.63, 3.8) is 0 Å². The summed E-state index contributed by atoms with van der Waals surface area (Å²) in [4.78, 5) is 28.2. The highest BCUT2D eigenvalue weighted by atomic mass is 32.1. The lowest BCUT2D eigenvalue weighted by Crippen LogP contribution is -2.23. The Kier molecular flexibility index (Phi) is 5.45. The van der Waals surface area contributed by atoms with Gasteiger partial charge in [0.05, 0.1) is 11.7 Å². The van der Waals surface area contributed by atoms with E-state index in [-0.39, 0.29) is 11.9 Å². The molecule has 0 bridgehead atoms. The Bertz CT molecular complexity index is 1160. The average Bonchev–Trinajstić information content (AvgIpc) is 3.56. The molecule has 0 saturated carbocycles. The zero-order valence-corrected chi connectivity index (χ0v) is 17.7. The highest BCUT2D eigenvalue weighted by Crippen LogP contribution is 2.36. The van der Waals surface area contributed by atoms with Gasteiger partial charge in [0.1, 0.15) is 5.69 Å². The molecule has 0 aromatic carbocycles. The van der Waals surface area contributed by atoms with Crippen molar-refractivity contribution in [3.8, 4) is 0 Å². The van der Waals surface area contributed by atoms with Crippen LogP contribution in [0.5, 0.6) is 0 Å². The Balaban J connectivity index is 1.29. The number of carbonyl (C=O) groups is 1. The normalized spacial score (nSPS) is 15.9. The minimum Gasteiger partial charge on any atom is -0.363 e. The third-order valence-electron chi connectivity index (χ3n) is 5.50. The molecular formula is C23H22N6OS. The van der Waals surface area contributed by atoms with E-state index >= 15 is 0 Å². The van der Waals surface area contributed by atoms with Crippen LogP contribution in [0.2, 0.25) is 0 Å². The summed E-state index contributed by atoms with van der Waals surface area (Å²) in [5.41, 5.74) is 3.86. The fraction of sp³-hybridized carbons (Fsp3) is 0.217. The Labute approximate surface area is 184 Å². The predicted molar refractivity (Wildman–Crippen MR) is 121 cm³/mol. The van der Waals surface area contributed by atoms with Crippen LogP contribution < -0.4 is 10.2 Å². The number of aromatic nitrogens is 4. The second-order valence-electron chi connectivity index (χ2n) is 7.47. The van der Waals surface area contributed by atoms with Gasteiger partial charge >= 0.3 is 0 Å². The molecule has 1 N–H and O–H groups in total. The second kappa shape index (κ2) is 8.69. The summed E-state index contributed by atoms with van der Waals surface area (Å²) >= 11 is 1.47. The van der Waals surface area contributed by atoms with E-state index in [1.165, 1.54) is 11.3 Å². The van der Waals surface area contributed by atoms with Crippen LogP contribution in [-0.4, -0.2) is 32.0 Å². The number of hydrogen-bond acceptors (Lipinski definition) is 6. The summed E-state index contributed by atoms with van der Waals surface area (Å²) < 4.78 is 1.93. The van der Waals surface area contributed by atoms with Crippen molar-refractivity contribution in [1.82, 2.24) is 19.5 Å². The number of hydrogen-bond donors (Lipinski definition) is 1. The molecule has 4 aromatic rings. The van der Waals surface area contributed by atoms with Gasteiger partial charge in [-0.25, -0.2) is 4.98 Å². The first-order valence-electron chi connectivity index (χ1n) is 10.3. The zero-order chi connectivity index (χ0) is 21.0. The van der Waals surface area contributed by atoms with E-state index in [1.807, 2.05) is 59.6 Å². The van der Waals surface area contributed by atoms with Crippen LogP contribution in [0.1, 0.15) is 40.6 Å². The van der Waals surface area contributed by atoms with Gasteiger partial charge in [0.25, 0.3) is 5.91 Å². The lowest BCUT2D eigenvalue weighted by Gasteiger charge is -2.25. The van der Waals surface area contributed by atoms with E-state index in [2.05, 4.69) is 25.6 Å². The van der Waals surface area contributed by atoms with Crippen molar-refractivity contribution >= 4 is 28.1 Å². The summed E-state index contributed by atoms with van der Waals surface area (Å²) in [5, 5.41) is 5.65. The lowest BCUT2D eigenvalue weighted by molar-refractivity contribution is 0.101. The van der Waals surface area contributed by atoms with E-state index in [0.29, 0.717) is 17.4 Å². The fourth-order valence-corrected chi connectivity index (χ4v) is 4.77. The maximum absolute atomic E-state index is 12.9. The van der Waals surface area contributed by atoms with Crippen LogP contribution in [0.15, 0.2) is 72.8 Å². The first kappa shape index (κ1) is 19.4. The third-order valence-corrected chi connectivity index (χ3v) is 6.27. The molecule has 156 valence electrons. The maximum atomic E-state index is 12.9. The lowest BCUT2D eigenvalue weighted by atomic mass is 10.1. The number of carbonyl (C=O) groups excluding carboxylic acids is 1.